The first kappa shape index (κ1) is 12.4. The van der Waals surface area contributed by atoms with Gasteiger partial charge < -0.3 is 15.8 Å². The van der Waals surface area contributed by atoms with Gasteiger partial charge in [0.05, 0.1) is 13.2 Å². The van der Waals surface area contributed by atoms with Gasteiger partial charge in [-0.15, -0.1) is 11.8 Å². The normalized spacial score (nSPS) is 17.3. The smallest absolute Gasteiger partial charge is 0.236 e. The van der Waals surface area contributed by atoms with E-state index in [1.165, 1.54) is 4.90 Å². The van der Waals surface area contributed by atoms with Crippen molar-refractivity contribution in [2.24, 2.45) is 11.1 Å². The summed E-state index contributed by atoms with van der Waals surface area (Å²) in [6, 6.07) is 7.75. The Hall–Kier alpha value is -1.04. The minimum Gasteiger partial charge on any atom is -0.379 e. The molecule has 1 aliphatic rings. The number of amides is 1. The van der Waals surface area contributed by atoms with E-state index in [1.54, 1.807) is 11.8 Å². The van der Waals surface area contributed by atoms with E-state index in [0.29, 0.717) is 19.8 Å². The summed E-state index contributed by atoms with van der Waals surface area (Å²) in [4.78, 5) is 13.2. The molecule has 3 N–H and O–H groups in total. The molecule has 0 saturated carbocycles. The highest BCUT2D eigenvalue weighted by Gasteiger charge is 2.44. The Kier molecular flexibility index (Phi) is 3.71. The first-order valence-corrected chi connectivity index (χ1v) is 6.66. The molecular formula is C12H16N2O2S. The maximum absolute atomic E-state index is 12.0. The minimum absolute atomic E-state index is 0.0526. The predicted octanol–water partition coefficient (Wildman–Crippen LogP) is 1.32. The summed E-state index contributed by atoms with van der Waals surface area (Å²) in [6.45, 7) is 1.15. The zero-order valence-electron chi connectivity index (χ0n) is 9.73. The van der Waals surface area contributed by atoms with Crippen molar-refractivity contribution in [3.8, 4) is 0 Å². The molecule has 4 nitrogen and oxygen atoms in total. The topological polar surface area (TPSA) is 64.4 Å². The molecular weight excluding hydrogens is 236 g/mol. The Bertz CT molecular complexity index is 396. The molecule has 1 amide bonds. The van der Waals surface area contributed by atoms with E-state index in [9.17, 15) is 4.79 Å². The average Bonchev–Trinajstić information content (AvgIpc) is 2.29. The third kappa shape index (κ3) is 2.46. The molecule has 1 aromatic carbocycles. The van der Waals surface area contributed by atoms with Gasteiger partial charge in [-0.2, -0.15) is 0 Å². The van der Waals surface area contributed by atoms with Crippen LogP contribution in [0.15, 0.2) is 29.2 Å². The van der Waals surface area contributed by atoms with Gasteiger partial charge in [-0.1, -0.05) is 0 Å². The Balaban J connectivity index is 2.02. The highest BCUT2D eigenvalue weighted by atomic mass is 32.2. The molecule has 2 rings (SSSR count). The molecule has 0 unspecified atom stereocenters. The maximum atomic E-state index is 12.0. The van der Waals surface area contributed by atoms with Crippen molar-refractivity contribution in [3.63, 3.8) is 0 Å². The van der Waals surface area contributed by atoms with Crippen LogP contribution >= 0.6 is 11.8 Å². The Morgan fingerprint density at radius 2 is 2.12 bits per heavy atom. The summed E-state index contributed by atoms with van der Waals surface area (Å²) in [7, 11) is 0. The first-order valence-electron chi connectivity index (χ1n) is 5.43. The monoisotopic (exact) mass is 252 g/mol. The lowest BCUT2D eigenvalue weighted by molar-refractivity contribution is -0.153. The molecule has 0 aliphatic carbocycles. The molecule has 92 valence electrons. The number of carbonyl (C=O) groups is 1. The number of thioether (sulfide) groups is 1. The first-order chi connectivity index (χ1) is 8.20. The van der Waals surface area contributed by atoms with Crippen molar-refractivity contribution >= 4 is 23.4 Å². The number of nitrogens with one attached hydrogen (secondary N) is 1. The van der Waals surface area contributed by atoms with Crippen LogP contribution in [0.1, 0.15) is 0 Å². The fourth-order valence-electron chi connectivity index (χ4n) is 1.63. The van der Waals surface area contributed by atoms with Gasteiger partial charge in [0.15, 0.2) is 0 Å². The van der Waals surface area contributed by atoms with E-state index >= 15 is 0 Å². The number of ether oxygens (including phenoxy) is 1. The van der Waals surface area contributed by atoms with E-state index in [-0.39, 0.29) is 5.91 Å². The molecule has 0 spiro atoms. The van der Waals surface area contributed by atoms with Gasteiger partial charge in [0.25, 0.3) is 0 Å². The molecule has 17 heavy (non-hydrogen) atoms. The van der Waals surface area contributed by atoms with Gasteiger partial charge in [-0.05, 0) is 30.5 Å². The molecule has 1 aliphatic heterocycles. The molecule has 1 aromatic rings. The zero-order valence-corrected chi connectivity index (χ0v) is 10.5. The van der Waals surface area contributed by atoms with E-state index in [4.69, 9.17) is 10.5 Å². The Morgan fingerprint density at radius 1 is 1.47 bits per heavy atom. The van der Waals surface area contributed by atoms with Crippen molar-refractivity contribution < 1.29 is 9.53 Å². The van der Waals surface area contributed by atoms with Crippen LogP contribution in [0.2, 0.25) is 0 Å². The van der Waals surface area contributed by atoms with E-state index in [2.05, 4.69) is 5.32 Å². The van der Waals surface area contributed by atoms with Gasteiger partial charge in [0.2, 0.25) is 5.91 Å². The van der Waals surface area contributed by atoms with E-state index in [1.807, 2.05) is 30.5 Å². The van der Waals surface area contributed by atoms with Gasteiger partial charge in [0.1, 0.15) is 5.41 Å². The number of anilines is 1. The number of carbonyl (C=O) groups excluding carboxylic acids is 1. The zero-order chi connectivity index (χ0) is 12.3. The molecule has 1 heterocycles. The highest BCUT2D eigenvalue weighted by molar-refractivity contribution is 7.98. The van der Waals surface area contributed by atoms with Crippen LogP contribution in [-0.4, -0.2) is 31.9 Å². The van der Waals surface area contributed by atoms with Crippen LogP contribution in [0.25, 0.3) is 0 Å². The summed E-state index contributed by atoms with van der Waals surface area (Å²) in [5.74, 6) is -0.0526. The van der Waals surface area contributed by atoms with Crippen LogP contribution in [0.3, 0.4) is 0 Å². The van der Waals surface area contributed by atoms with Gasteiger partial charge in [-0.25, -0.2) is 0 Å². The Morgan fingerprint density at radius 3 is 2.53 bits per heavy atom. The lowest BCUT2D eigenvalue weighted by atomic mass is 9.85. The molecule has 1 fully saturated rings. The van der Waals surface area contributed by atoms with E-state index in [0.717, 1.165) is 5.69 Å². The number of benzene rings is 1. The number of nitrogens with two attached hydrogens (primary N) is 1. The average molecular weight is 252 g/mol. The lowest BCUT2D eigenvalue weighted by Crippen LogP contribution is -2.56. The van der Waals surface area contributed by atoms with Crippen LogP contribution in [-0.2, 0) is 9.53 Å². The SMILES string of the molecule is CSc1ccc(NC(=O)C2(CN)COC2)cc1. The molecule has 0 radical (unpaired) electrons. The van der Waals surface area contributed by atoms with Crippen LogP contribution in [0.5, 0.6) is 0 Å². The second kappa shape index (κ2) is 5.08. The van der Waals surface area contributed by atoms with Crippen molar-refractivity contribution in [2.75, 3.05) is 31.3 Å². The molecule has 5 heteroatoms. The van der Waals surface area contributed by atoms with Crippen molar-refractivity contribution in [1.82, 2.24) is 0 Å². The fraction of sp³-hybridized carbons (Fsp3) is 0.417. The highest BCUT2D eigenvalue weighted by Crippen LogP contribution is 2.28. The second-order valence-corrected chi connectivity index (χ2v) is 5.04. The van der Waals surface area contributed by atoms with Crippen LogP contribution < -0.4 is 11.1 Å². The maximum Gasteiger partial charge on any atom is 0.236 e. The lowest BCUT2D eigenvalue weighted by Gasteiger charge is -2.38. The summed E-state index contributed by atoms with van der Waals surface area (Å²) in [6.07, 6.45) is 2.02. The molecule has 0 aromatic heterocycles. The van der Waals surface area contributed by atoms with Crippen LogP contribution in [0, 0.1) is 5.41 Å². The van der Waals surface area contributed by atoms with E-state index < -0.39 is 5.41 Å². The molecule has 0 atom stereocenters. The van der Waals surface area contributed by atoms with Crippen molar-refractivity contribution in [1.29, 1.82) is 0 Å². The van der Waals surface area contributed by atoms with Gasteiger partial charge in [0, 0.05) is 17.1 Å². The summed E-state index contributed by atoms with van der Waals surface area (Å²) in [5, 5.41) is 2.88. The summed E-state index contributed by atoms with van der Waals surface area (Å²) >= 11 is 1.67. The van der Waals surface area contributed by atoms with Crippen LogP contribution in [0.4, 0.5) is 5.69 Å². The fourth-order valence-corrected chi connectivity index (χ4v) is 2.04. The number of hydrogen-bond donors (Lipinski definition) is 2. The Labute approximate surface area is 105 Å². The number of rotatable bonds is 4. The predicted molar refractivity (Wildman–Crippen MR) is 69.2 cm³/mol. The summed E-state index contributed by atoms with van der Waals surface area (Å²) < 4.78 is 5.08. The second-order valence-electron chi connectivity index (χ2n) is 4.16. The largest absolute Gasteiger partial charge is 0.379 e. The molecule has 1 saturated heterocycles. The number of hydrogen-bond acceptors (Lipinski definition) is 4. The van der Waals surface area contributed by atoms with Gasteiger partial charge >= 0.3 is 0 Å². The quantitative estimate of drug-likeness (QED) is 0.793. The standard InChI is InChI=1S/C12H16N2O2S/c1-17-10-4-2-9(3-5-10)14-11(15)12(6-13)7-16-8-12/h2-5H,6-8,13H2,1H3,(H,14,15). The van der Waals surface area contributed by atoms with Crippen molar-refractivity contribution in [2.45, 2.75) is 4.90 Å². The minimum atomic E-state index is -0.530. The van der Waals surface area contributed by atoms with Crippen molar-refractivity contribution in [3.05, 3.63) is 24.3 Å². The van der Waals surface area contributed by atoms with Gasteiger partial charge in [-0.3, -0.25) is 4.79 Å². The third-order valence-corrected chi connectivity index (χ3v) is 3.72. The summed E-state index contributed by atoms with van der Waals surface area (Å²) in [5.41, 5.74) is 5.89. The molecule has 0 bridgehead atoms. The third-order valence-electron chi connectivity index (χ3n) is 2.98.